The van der Waals surface area contributed by atoms with E-state index in [2.05, 4.69) is 5.32 Å². The van der Waals surface area contributed by atoms with Crippen LogP contribution < -0.4 is 5.32 Å². The zero-order valence-electron chi connectivity index (χ0n) is 11.5. The van der Waals surface area contributed by atoms with Crippen LogP contribution in [-0.4, -0.2) is 36.3 Å². The van der Waals surface area contributed by atoms with Gasteiger partial charge in [0.2, 0.25) is 5.91 Å². The molecule has 0 radical (unpaired) electrons. The average molecular weight is 260 g/mol. The molecule has 0 unspecified atom stereocenters. The van der Waals surface area contributed by atoms with Gasteiger partial charge in [0, 0.05) is 18.7 Å². The summed E-state index contributed by atoms with van der Waals surface area (Å²) in [6, 6.07) is 5.69. The van der Waals surface area contributed by atoms with Gasteiger partial charge in [-0.25, -0.2) is 0 Å². The zero-order valence-corrected chi connectivity index (χ0v) is 11.5. The van der Waals surface area contributed by atoms with Gasteiger partial charge in [0.25, 0.3) is 5.91 Å². The molecule has 0 spiro atoms. The molecule has 2 amide bonds. The van der Waals surface area contributed by atoms with Crippen molar-refractivity contribution in [2.75, 3.05) is 19.6 Å². The number of nitrogens with one attached hydrogen (secondary N) is 1. The highest BCUT2D eigenvalue weighted by Gasteiger charge is 2.18. The first-order valence-corrected chi connectivity index (χ1v) is 6.70. The summed E-state index contributed by atoms with van der Waals surface area (Å²) in [5.74, 6) is -0.172. The molecule has 1 aromatic rings. The summed E-state index contributed by atoms with van der Waals surface area (Å²) in [5.41, 5.74) is 2.72. The van der Waals surface area contributed by atoms with Crippen LogP contribution in [0.4, 0.5) is 0 Å². The molecule has 0 aromatic heterocycles. The SMILES string of the molecule is Cc1cc(C)cc(C(=O)NCC(=O)N2CCCC2)c1. The zero-order chi connectivity index (χ0) is 13.8. The third-order valence-electron chi connectivity index (χ3n) is 3.34. The highest BCUT2D eigenvalue weighted by Crippen LogP contribution is 2.09. The van der Waals surface area contributed by atoms with Crippen molar-refractivity contribution >= 4 is 11.8 Å². The van der Waals surface area contributed by atoms with E-state index in [1.165, 1.54) is 0 Å². The first-order valence-electron chi connectivity index (χ1n) is 6.70. The van der Waals surface area contributed by atoms with Crippen LogP contribution in [0.5, 0.6) is 0 Å². The van der Waals surface area contributed by atoms with E-state index < -0.39 is 0 Å². The normalized spacial score (nSPS) is 14.5. The monoisotopic (exact) mass is 260 g/mol. The molecule has 102 valence electrons. The number of aryl methyl sites for hydroxylation is 2. The lowest BCUT2D eigenvalue weighted by molar-refractivity contribution is -0.129. The first kappa shape index (κ1) is 13.6. The second-order valence-corrected chi connectivity index (χ2v) is 5.15. The smallest absolute Gasteiger partial charge is 0.251 e. The van der Waals surface area contributed by atoms with Gasteiger partial charge in [-0.1, -0.05) is 17.2 Å². The molecule has 0 atom stereocenters. The van der Waals surface area contributed by atoms with Crippen LogP contribution in [0.25, 0.3) is 0 Å². The molecule has 1 heterocycles. The Balaban J connectivity index is 1.91. The summed E-state index contributed by atoms with van der Waals surface area (Å²) in [6.07, 6.45) is 2.13. The highest BCUT2D eigenvalue weighted by molar-refractivity contribution is 5.96. The number of nitrogens with zero attached hydrogens (tertiary/aromatic N) is 1. The summed E-state index contributed by atoms with van der Waals surface area (Å²) in [4.78, 5) is 25.6. The van der Waals surface area contributed by atoms with Gasteiger partial charge in [-0.2, -0.15) is 0 Å². The van der Waals surface area contributed by atoms with E-state index in [4.69, 9.17) is 0 Å². The summed E-state index contributed by atoms with van der Waals surface area (Å²) < 4.78 is 0. The first-order chi connectivity index (χ1) is 9.06. The fourth-order valence-electron chi connectivity index (χ4n) is 2.44. The molecule has 1 aliphatic rings. The Morgan fingerprint density at radius 1 is 1.11 bits per heavy atom. The fraction of sp³-hybridized carbons (Fsp3) is 0.467. The quantitative estimate of drug-likeness (QED) is 0.898. The molecule has 19 heavy (non-hydrogen) atoms. The molecule has 2 rings (SSSR count). The van der Waals surface area contributed by atoms with Crippen molar-refractivity contribution in [1.82, 2.24) is 10.2 Å². The lowest BCUT2D eigenvalue weighted by Crippen LogP contribution is -2.38. The molecule has 4 heteroatoms. The van der Waals surface area contributed by atoms with Crippen molar-refractivity contribution in [3.63, 3.8) is 0 Å². The van der Waals surface area contributed by atoms with Gasteiger partial charge in [0.1, 0.15) is 0 Å². The maximum atomic E-state index is 12.0. The Kier molecular flexibility index (Phi) is 4.20. The van der Waals surface area contributed by atoms with Gasteiger partial charge in [0.05, 0.1) is 6.54 Å². The molecule has 0 aliphatic carbocycles. The molecular weight excluding hydrogens is 240 g/mol. The maximum absolute atomic E-state index is 12.0. The Morgan fingerprint density at radius 2 is 1.68 bits per heavy atom. The third-order valence-corrected chi connectivity index (χ3v) is 3.34. The van der Waals surface area contributed by atoms with Gasteiger partial charge in [-0.05, 0) is 38.8 Å². The molecule has 1 saturated heterocycles. The fourth-order valence-corrected chi connectivity index (χ4v) is 2.44. The van der Waals surface area contributed by atoms with E-state index in [-0.39, 0.29) is 18.4 Å². The maximum Gasteiger partial charge on any atom is 0.251 e. The van der Waals surface area contributed by atoms with Crippen molar-refractivity contribution in [3.8, 4) is 0 Å². The van der Waals surface area contributed by atoms with Crippen LogP contribution in [0, 0.1) is 13.8 Å². The number of carbonyl (C=O) groups is 2. The number of hydrogen-bond donors (Lipinski definition) is 1. The van der Waals surface area contributed by atoms with E-state index in [1.54, 1.807) is 0 Å². The standard InChI is InChI=1S/C15H20N2O2/c1-11-7-12(2)9-13(8-11)15(19)16-10-14(18)17-5-3-4-6-17/h7-9H,3-6,10H2,1-2H3,(H,16,19). The predicted octanol–water partition coefficient (Wildman–Crippen LogP) is 1.66. The van der Waals surface area contributed by atoms with Gasteiger partial charge in [-0.3, -0.25) is 9.59 Å². The number of likely N-dealkylation sites (tertiary alicyclic amines) is 1. The van der Waals surface area contributed by atoms with Crippen LogP contribution in [0.15, 0.2) is 18.2 Å². The molecule has 1 N–H and O–H groups in total. The van der Waals surface area contributed by atoms with E-state index in [1.807, 2.05) is 36.9 Å². The Bertz CT molecular complexity index is 471. The second-order valence-electron chi connectivity index (χ2n) is 5.15. The second kappa shape index (κ2) is 5.87. The van der Waals surface area contributed by atoms with Crippen LogP contribution in [0.1, 0.15) is 34.3 Å². The number of amides is 2. The lowest BCUT2D eigenvalue weighted by Gasteiger charge is -2.15. The van der Waals surface area contributed by atoms with Crippen molar-refractivity contribution < 1.29 is 9.59 Å². The highest BCUT2D eigenvalue weighted by atomic mass is 16.2. The van der Waals surface area contributed by atoms with Gasteiger partial charge in [0.15, 0.2) is 0 Å². The number of hydrogen-bond acceptors (Lipinski definition) is 2. The molecule has 1 fully saturated rings. The minimum absolute atomic E-state index is 0.00947. The Labute approximate surface area is 113 Å². The predicted molar refractivity (Wildman–Crippen MR) is 74.1 cm³/mol. The minimum Gasteiger partial charge on any atom is -0.343 e. The average Bonchev–Trinajstić information content (AvgIpc) is 2.88. The summed E-state index contributed by atoms with van der Waals surface area (Å²) in [5, 5.41) is 2.70. The van der Waals surface area contributed by atoms with Crippen molar-refractivity contribution in [2.24, 2.45) is 0 Å². The Morgan fingerprint density at radius 3 is 2.26 bits per heavy atom. The molecule has 0 bridgehead atoms. The van der Waals surface area contributed by atoms with E-state index >= 15 is 0 Å². The largest absolute Gasteiger partial charge is 0.343 e. The topological polar surface area (TPSA) is 49.4 Å². The summed E-state index contributed by atoms with van der Waals surface area (Å²) in [6.45, 7) is 5.64. The van der Waals surface area contributed by atoms with Crippen molar-refractivity contribution in [2.45, 2.75) is 26.7 Å². The molecular formula is C15H20N2O2. The molecule has 4 nitrogen and oxygen atoms in total. The van der Waals surface area contributed by atoms with E-state index in [0.29, 0.717) is 5.56 Å². The van der Waals surface area contributed by atoms with E-state index in [0.717, 1.165) is 37.1 Å². The van der Waals surface area contributed by atoms with Crippen molar-refractivity contribution in [1.29, 1.82) is 0 Å². The number of benzene rings is 1. The lowest BCUT2D eigenvalue weighted by atomic mass is 10.1. The van der Waals surface area contributed by atoms with Crippen LogP contribution >= 0.6 is 0 Å². The van der Waals surface area contributed by atoms with Gasteiger partial charge < -0.3 is 10.2 Å². The molecule has 1 aliphatic heterocycles. The van der Waals surface area contributed by atoms with Crippen LogP contribution in [-0.2, 0) is 4.79 Å². The van der Waals surface area contributed by atoms with Gasteiger partial charge >= 0.3 is 0 Å². The third kappa shape index (κ3) is 3.56. The molecule has 1 aromatic carbocycles. The summed E-state index contributed by atoms with van der Waals surface area (Å²) in [7, 11) is 0. The minimum atomic E-state index is -0.181. The van der Waals surface area contributed by atoms with Gasteiger partial charge in [-0.15, -0.1) is 0 Å². The van der Waals surface area contributed by atoms with Crippen molar-refractivity contribution in [3.05, 3.63) is 34.9 Å². The van der Waals surface area contributed by atoms with Crippen LogP contribution in [0.3, 0.4) is 0 Å². The number of rotatable bonds is 3. The number of carbonyl (C=O) groups excluding carboxylic acids is 2. The Hall–Kier alpha value is -1.84. The van der Waals surface area contributed by atoms with Crippen LogP contribution in [0.2, 0.25) is 0 Å². The van der Waals surface area contributed by atoms with E-state index in [9.17, 15) is 9.59 Å². The summed E-state index contributed by atoms with van der Waals surface area (Å²) >= 11 is 0. The molecule has 0 saturated carbocycles.